The smallest absolute Gasteiger partial charge is 0.307 e. The van der Waals surface area contributed by atoms with Gasteiger partial charge in [0.2, 0.25) is 0 Å². The fraction of sp³-hybridized carbons (Fsp3) is 0.958. The predicted octanol–water partition coefficient (Wildman–Crippen LogP) is 4.73. The lowest BCUT2D eigenvalue weighted by atomic mass is 9.44. The maximum absolute atomic E-state index is 11.4. The molecular weight excluding hydrogens is 352 g/mol. The highest BCUT2D eigenvalue weighted by Crippen LogP contribution is 2.67. The van der Waals surface area contributed by atoms with Gasteiger partial charge in [0, 0.05) is 0 Å². The molecule has 0 bridgehead atoms. The summed E-state index contributed by atoms with van der Waals surface area (Å²) in [6, 6.07) is 0. The molecule has 4 saturated carbocycles. The second-order valence-electron chi connectivity index (χ2n) is 11.2. The number of hydrogen-bond acceptors (Lipinski definition) is 4. The van der Waals surface area contributed by atoms with Crippen LogP contribution in [0.2, 0.25) is 0 Å². The van der Waals surface area contributed by atoms with E-state index in [1.807, 2.05) is 6.92 Å². The highest BCUT2D eigenvalue weighted by Gasteiger charge is 2.61. The molecule has 0 spiro atoms. The average Bonchev–Trinajstić information content (AvgIpc) is 2.98. The van der Waals surface area contributed by atoms with Gasteiger partial charge in [-0.05, 0) is 99.2 Å². The summed E-state index contributed by atoms with van der Waals surface area (Å²) >= 11 is 0. The SMILES string of the molecule is COC(=O)CCO[C@H]1CC[C@H]2[C@@H]3CC[C@H]4C[C@@](C)(O)CC[C@]4(C)[C@H]3CC[C@]12C. The third-order valence-corrected chi connectivity index (χ3v) is 9.72. The van der Waals surface area contributed by atoms with Gasteiger partial charge in [-0.15, -0.1) is 0 Å². The first-order chi connectivity index (χ1) is 13.2. The molecule has 0 saturated heterocycles. The van der Waals surface area contributed by atoms with Crippen LogP contribution in [0.15, 0.2) is 0 Å². The Morgan fingerprint density at radius 3 is 2.46 bits per heavy atom. The zero-order valence-electron chi connectivity index (χ0n) is 18.3. The number of carbonyl (C=O) groups is 1. The van der Waals surface area contributed by atoms with Crippen molar-refractivity contribution in [1.29, 1.82) is 0 Å². The molecule has 4 aliphatic carbocycles. The fourth-order valence-electron chi connectivity index (χ4n) is 8.04. The van der Waals surface area contributed by atoms with E-state index in [1.54, 1.807) is 0 Å². The maximum atomic E-state index is 11.4. The zero-order valence-corrected chi connectivity index (χ0v) is 18.3. The van der Waals surface area contributed by atoms with E-state index in [9.17, 15) is 9.90 Å². The number of esters is 1. The summed E-state index contributed by atoms with van der Waals surface area (Å²) < 4.78 is 11.0. The summed E-state index contributed by atoms with van der Waals surface area (Å²) in [6.07, 6.45) is 11.4. The first kappa shape index (κ1) is 20.7. The lowest BCUT2D eigenvalue weighted by Gasteiger charge is -2.61. The Hall–Kier alpha value is -0.610. The van der Waals surface area contributed by atoms with Crippen molar-refractivity contribution >= 4 is 5.97 Å². The molecular formula is C24H40O4. The lowest BCUT2D eigenvalue weighted by Crippen LogP contribution is -2.56. The molecule has 28 heavy (non-hydrogen) atoms. The molecule has 0 amide bonds. The molecule has 4 nitrogen and oxygen atoms in total. The number of aliphatic hydroxyl groups is 1. The molecule has 160 valence electrons. The molecule has 0 radical (unpaired) electrons. The average molecular weight is 393 g/mol. The highest BCUT2D eigenvalue weighted by atomic mass is 16.5. The number of methoxy groups -OCH3 is 1. The summed E-state index contributed by atoms with van der Waals surface area (Å²) in [6.45, 7) is 7.54. The Labute approximate surface area is 170 Å². The third-order valence-electron chi connectivity index (χ3n) is 9.72. The normalized spacial score (nSPS) is 50.4. The van der Waals surface area contributed by atoms with Crippen LogP contribution < -0.4 is 0 Å². The third kappa shape index (κ3) is 3.33. The second kappa shape index (κ2) is 7.27. The van der Waals surface area contributed by atoms with Gasteiger partial charge in [-0.25, -0.2) is 0 Å². The molecule has 0 aromatic rings. The van der Waals surface area contributed by atoms with E-state index in [0.717, 1.165) is 37.0 Å². The van der Waals surface area contributed by atoms with Crippen LogP contribution in [0.4, 0.5) is 0 Å². The van der Waals surface area contributed by atoms with Gasteiger partial charge in [0.25, 0.3) is 0 Å². The maximum Gasteiger partial charge on any atom is 0.307 e. The minimum atomic E-state index is -0.452. The van der Waals surface area contributed by atoms with E-state index in [4.69, 9.17) is 9.47 Å². The molecule has 0 aliphatic heterocycles. The van der Waals surface area contributed by atoms with Crippen molar-refractivity contribution in [3.8, 4) is 0 Å². The molecule has 0 unspecified atom stereocenters. The number of rotatable bonds is 4. The van der Waals surface area contributed by atoms with E-state index < -0.39 is 5.60 Å². The largest absolute Gasteiger partial charge is 0.469 e. The quantitative estimate of drug-likeness (QED) is 0.703. The van der Waals surface area contributed by atoms with Gasteiger partial charge in [0.05, 0.1) is 31.8 Å². The molecule has 1 N–H and O–H groups in total. The number of carbonyl (C=O) groups excluding carboxylic acids is 1. The van der Waals surface area contributed by atoms with Crippen LogP contribution in [0.3, 0.4) is 0 Å². The highest BCUT2D eigenvalue weighted by molar-refractivity contribution is 5.69. The van der Waals surface area contributed by atoms with E-state index in [2.05, 4.69) is 13.8 Å². The standard InChI is InChI=1S/C24H40O4/c1-22(26)12-13-23(2)16(15-22)5-6-17-18-7-8-20(28-14-10-21(25)27-4)24(18,3)11-9-19(17)23/h16-20,26H,5-15H2,1-4H3/t16-,17-,18-,19-,20-,22-,23-,24-/m0/s1. The van der Waals surface area contributed by atoms with Gasteiger partial charge >= 0.3 is 5.97 Å². The molecule has 4 fully saturated rings. The molecule has 0 aromatic carbocycles. The molecule has 4 aliphatic rings. The topological polar surface area (TPSA) is 55.8 Å². The van der Waals surface area contributed by atoms with E-state index in [-0.39, 0.29) is 11.4 Å². The van der Waals surface area contributed by atoms with Crippen LogP contribution in [0.25, 0.3) is 0 Å². The Morgan fingerprint density at radius 2 is 1.71 bits per heavy atom. The van der Waals surface area contributed by atoms with Crippen molar-refractivity contribution < 1.29 is 19.4 Å². The Kier molecular flexibility index (Phi) is 5.36. The molecule has 4 heteroatoms. The number of ether oxygens (including phenoxy) is 2. The predicted molar refractivity (Wildman–Crippen MR) is 109 cm³/mol. The Morgan fingerprint density at radius 1 is 0.964 bits per heavy atom. The van der Waals surface area contributed by atoms with Crippen molar-refractivity contribution in [3.63, 3.8) is 0 Å². The van der Waals surface area contributed by atoms with Gasteiger partial charge < -0.3 is 14.6 Å². The number of fused-ring (bicyclic) bond motifs is 5. The van der Waals surface area contributed by atoms with Crippen LogP contribution in [-0.2, 0) is 14.3 Å². The molecule has 0 heterocycles. The van der Waals surface area contributed by atoms with E-state index in [1.165, 1.54) is 45.6 Å². The number of hydrogen-bond donors (Lipinski definition) is 1. The van der Waals surface area contributed by atoms with Crippen LogP contribution >= 0.6 is 0 Å². The van der Waals surface area contributed by atoms with Crippen LogP contribution in [-0.4, -0.2) is 36.5 Å². The fourth-order valence-corrected chi connectivity index (χ4v) is 8.04. The minimum absolute atomic E-state index is 0.178. The molecule has 4 rings (SSSR count). The van der Waals surface area contributed by atoms with Crippen LogP contribution in [0, 0.1) is 34.5 Å². The lowest BCUT2D eigenvalue weighted by molar-refractivity contribution is -0.157. The Bertz CT molecular complexity index is 601. The molecule has 0 aromatic heterocycles. The van der Waals surface area contributed by atoms with Crippen LogP contribution in [0.1, 0.15) is 85.0 Å². The minimum Gasteiger partial charge on any atom is -0.469 e. The zero-order chi connectivity index (χ0) is 20.2. The van der Waals surface area contributed by atoms with Gasteiger partial charge in [-0.1, -0.05) is 13.8 Å². The van der Waals surface area contributed by atoms with E-state index >= 15 is 0 Å². The van der Waals surface area contributed by atoms with Crippen molar-refractivity contribution in [2.24, 2.45) is 34.5 Å². The first-order valence-electron chi connectivity index (χ1n) is 11.6. The molecule has 8 atom stereocenters. The monoisotopic (exact) mass is 392 g/mol. The van der Waals surface area contributed by atoms with Crippen molar-refractivity contribution in [1.82, 2.24) is 0 Å². The van der Waals surface area contributed by atoms with Crippen molar-refractivity contribution in [3.05, 3.63) is 0 Å². The van der Waals surface area contributed by atoms with Gasteiger partial charge in [0.1, 0.15) is 0 Å². The van der Waals surface area contributed by atoms with Crippen molar-refractivity contribution in [2.75, 3.05) is 13.7 Å². The van der Waals surface area contributed by atoms with Crippen LogP contribution in [0.5, 0.6) is 0 Å². The van der Waals surface area contributed by atoms with Gasteiger partial charge in [-0.3, -0.25) is 4.79 Å². The van der Waals surface area contributed by atoms with Gasteiger partial charge in [0.15, 0.2) is 0 Å². The van der Waals surface area contributed by atoms with Gasteiger partial charge in [-0.2, -0.15) is 0 Å². The first-order valence-corrected chi connectivity index (χ1v) is 11.6. The summed E-state index contributed by atoms with van der Waals surface area (Å²) in [5.74, 6) is 2.90. The second-order valence-corrected chi connectivity index (χ2v) is 11.2. The summed E-state index contributed by atoms with van der Waals surface area (Å²) in [5.41, 5.74) is 0.225. The summed E-state index contributed by atoms with van der Waals surface area (Å²) in [5, 5.41) is 10.6. The Balaban J connectivity index is 1.45. The van der Waals surface area contributed by atoms with Crippen molar-refractivity contribution in [2.45, 2.75) is 96.7 Å². The summed E-state index contributed by atoms with van der Waals surface area (Å²) in [4.78, 5) is 11.4. The summed E-state index contributed by atoms with van der Waals surface area (Å²) in [7, 11) is 1.44. The van der Waals surface area contributed by atoms with E-state index in [0.29, 0.717) is 30.5 Å².